The first-order valence-corrected chi connectivity index (χ1v) is 8.03. The van der Waals surface area contributed by atoms with Gasteiger partial charge in [-0.05, 0) is 30.5 Å². The SMILES string of the molecule is c1nc(C2CC2)c(CNc2ccc(-c3cn[nH]c3)cc2)s1. The highest BCUT2D eigenvalue weighted by Crippen LogP contribution is 2.41. The Morgan fingerprint density at radius 1 is 1.19 bits per heavy atom. The van der Waals surface area contributed by atoms with E-state index in [0.717, 1.165) is 23.7 Å². The highest BCUT2D eigenvalue weighted by molar-refractivity contribution is 7.09. The molecule has 21 heavy (non-hydrogen) atoms. The number of hydrogen-bond acceptors (Lipinski definition) is 4. The molecule has 106 valence electrons. The first kappa shape index (κ1) is 12.6. The van der Waals surface area contributed by atoms with Crippen LogP contribution in [-0.2, 0) is 6.54 Å². The lowest BCUT2D eigenvalue weighted by atomic mass is 10.1. The van der Waals surface area contributed by atoms with Crippen LogP contribution in [0.4, 0.5) is 5.69 Å². The van der Waals surface area contributed by atoms with Crippen molar-refractivity contribution in [2.45, 2.75) is 25.3 Å². The van der Waals surface area contributed by atoms with Gasteiger partial charge in [0.2, 0.25) is 0 Å². The quantitative estimate of drug-likeness (QED) is 0.747. The van der Waals surface area contributed by atoms with Crippen LogP contribution in [0.25, 0.3) is 11.1 Å². The van der Waals surface area contributed by atoms with Crippen LogP contribution in [-0.4, -0.2) is 15.2 Å². The Bertz CT molecular complexity index is 711. The second-order valence-electron chi connectivity index (χ2n) is 5.35. The van der Waals surface area contributed by atoms with Crippen LogP contribution in [0.1, 0.15) is 29.3 Å². The molecule has 2 N–H and O–H groups in total. The van der Waals surface area contributed by atoms with Crippen LogP contribution in [0.3, 0.4) is 0 Å². The van der Waals surface area contributed by atoms with E-state index in [4.69, 9.17) is 0 Å². The summed E-state index contributed by atoms with van der Waals surface area (Å²) >= 11 is 1.75. The number of aromatic amines is 1. The van der Waals surface area contributed by atoms with Crippen LogP contribution in [0.5, 0.6) is 0 Å². The van der Waals surface area contributed by atoms with Crippen molar-refractivity contribution in [1.29, 1.82) is 0 Å². The van der Waals surface area contributed by atoms with E-state index >= 15 is 0 Å². The third-order valence-corrected chi connectivity index (χ3v) is 4.65. The van der Waals surface area contributed by atoms with E-state index in [-0.39, 0.29) is 0 Å². The van der Waals surface area contributed by atoms with E-state index in [0.29, 0.717) is 0 Å². The summed E-state index contributed by atoms with van der Waals surface area (Å²) in [6.07, 6.45) is 6.34. The average Bonchev–Trinajstić information content (AvgIpc) is 3.04. The van der Waals surface area contributed by atoms with Gasteiger partial charge in [0.25, 0.3) is 0 Å². The fourth-order valence-corrected chi connectivity index (χ4v) is 3.26. The minimum absolute atomic E-state index is 0.719. The van der Waals surface area contributed by atoms with Crippen LogP contribution < -0.4 is 5.32 Å². The van der Waals surface area contributed by atoms with Crippen molar-refractivity contribution in [1.82, 2.24) is 15.2 Å². The Labute approximate surface area is 127 Å². The molecular weight excluding hydrogens is 280 g/mol. The molecule has 1 aromatic carbocycles. The Morgan fingerprint density at radius 3 is 2.76 bits per heavy atom. The molecule has 0 aliphatic heterocycles. The van der Waals surface area contributed by atoms with Gasteiger partial charge < -0.3 is 5.32 Å². The molecule has 0 saturated heterocycles. The Morgan fingerprint density at radius 2 is 2.05 bits per heavy atom. The number of aromatic nitrogens is 3. The van der Waals surface area contributed by atoms with E-state index in [2.05, 4.69) is 44.8 Å². The zero-order valence-corrected chi connectivity index (χ0v) is 12.4. The molecule has 3 aromatic rings. The summed E-state index contributed by atoms with van der Waals surface area (Å²) in [4.78, 5) is 5.88. The number of nitrogens with one attached hydrogen (secondary N) is 2. The monoisotopic (exact) mass is 296 g/mol. The Balaban J connectivity index is 1.44. The number of benzene rings is 1. The highest BCUT2D eigenvalue weighted by atomic mass is 32.1. The zero-order chi connectivity index (χ0) is 14.1. The van der Waals surface area contributed by atoms with Crippen LogP contribution >= 0.6 is 11.3 Å². The standard InChI is InChI=1S/C16H16N4S/c1-2-12(1)16-15(21-10-18-16)9-17-14-5-3-11(4-6-14)13-7-19-20-8-13/h3-8,10,12,17H,1-2,9H2,(H,19,20). The van der Waals surface area contributed by atoms with Gasteiger partial charge in [0.1, 0.15) is 0 Å². The topological polar surface area (TPSA) is 53.6 Å². The summed E-state index contributed by atoms with van der Waals surface area (Å²) in [7, 11) is 0. The minimum atomic E-state index is 0.719. The molecule has 0 atom stereocenters. The van der Waals surface area contributed by atoms with Gasteiger partial charge in [0.05, 0.1) is 23.9 Å². The first-order chi connectivity index (χ1) is 10.4. The van der Waals surface area contributed by atoms with Crippen molar-refractivity contribution in [2.75, 3.05) is 5.32 Å². The van der Waals surface area contributed by atoms with Crippen molar-refractivity contribution in [3.8, 4) is 11.1 Å². The molecule has 0 spiro atoms. The maximum atomic E-state index is 4.51. The Hall–Kier alpha value is -2.14. The third kappa shape index (κ3) is 2.69. The van der Waals surface area contributed by atoms with Crippen molar-refractivity contribution in [3.05, 3.63) is 52.7 Å². The summed E-state index contributed by atoms with van der Waals surface area (Å²) < 4.78 is 0. The van der Waals surface area contributed by atoms with Crippen molar-refractivity contribution < 1.29 is 0 Å². The molecule has 4 nitrogen and oxygen atoms in total. The smallest absolute Gasteiger partial charge is 0.0798 e. The van der Waals surface area contributed by atoms with Gasteiger partial charge in [-0.3, -0.25) is 5.10 Å². The minimum Gasteiger partial charge on any atom is -0.380 e. The van der Waals surface area contributed by atoms with Crippen LogP contribution in [0.15, 0.2) is 42.2 Å². The summed E-state index contributed by atoms with van der Waals surface area (Å²) in [6, 6.07) is 8.45. The second kappa shape index (κ2) is 5.33. The summed E-state index contributed by atoms with van der Waals surface area (Å²) in [6.45, 7) is 0.863. The van der Waals surface area contributed by atoms with Crippen LogP contribution in [0, 0.1) is 0 Å². The lowest BCUT2D eigenvalue weighted by Gasteiger charge is -2.07. The largest absolute Gasteiger partial charge is 0.380 e. The number of nitrogens with zero attached hydrogens (tertiary/aromatic N) is 2. The fraction of sp³-hybridized carbons (Fsp3) is 0.250. The van der Waals surface area contributed by atoms with E-state index in [1.165, 1.54) is 29.0 Å². The summed E-state index contributed by atoms with van der Waals surface area (Å²) in [5.74, 6) is 0.719. The van der Waals surface area contributed by atoms with Crippen molar-refractivity contribution in [2.24, 2.45) is 0 Å². The predicted octanol–water partition coefficient (Wildman–Crippen LogP) is 4.02. The van der Waals surface area contributed by atoms with E-state index in [1.54, 1.807) is 11.3 Å². The number of H-pyrrole nitrogens is 1. The normalized spacial score (nSPS) is 14.3. The van der Waals surface area contributed by atoms with Gasteiger partial charge in [0, 0.05) is 28.2 Å². The molecule has 5 heteroatoms. The molecule has 2 aromatic heterocycles. The highest BCUT2D eigenvalue weighted by Gasteiger charge is 2.28. The van der Waals surface area contributed by atoms with Crippen molar-refractivity contribution >= 4 is 17.0 Å². The van der Waals surface area contributed by atoms with Gasteiger partial charge in [-0.15, -0.1) is 11.3 Å². The first-order valence-electron chi connectivity index (χ1n) is 7.15. The van der Waals surface area contributed by atoms with Gasteiger partial charge in [-0.25, -0.2) is 4.98 Å². The second-order valence-corrected chi connectivity index (χ2v) is 6.29. The molecule has 0 bridgehead atoms. The number of thiazole rings is 1. The fourth-order valence-electron chi connectivity index (χ4n) is 2.47. The maximum Gasteiger partial charge on any atom is 0.0798 e. The zero-order valence-electron chi connectivity index (χ0n) is 11.5. The van der Waals surface area contributed by atoms with Gasteiger partial charge >= 0.3 is 0 Å². The van der Waals surface area contributed by atoms with Gasteiger partial charge in [0.15, 0.2) is 0 Å². The van der Waals surface area contributed by atoms with Gasteiger partial charge in [-0.1, -0.05) is 12.1 Å². The molecule has 0 unspecified atom stereocenters. The third-order valence-electron chi connectivity index (χ3n) is 3.81. The van der Waals surface area contributed by atoms with Gasteiger partial charge in [-0.2, -0.15) is 5.10 Å². The number of rotatable bonds is 5. The Kier molecular flexibility index (Phi) is 3.20. The molecule has 0 radical (unpaired) electrons. The summed E-state index contributed by atoms with van der Waals surface area (Å²) in [5, 5.41) is 10.3. The average molecular weight is 296 g/mol. The lowest BCUT2D eigenvalue weighted by molar-refractivity contribution is 1.00. The number of hydrogen-bond donors (Lipinski definition) is 2. The predicted molar refractivity (Wildman–Crippen MR) is 85.4 cm³/mol. The van der Waals surface area contributed by atoms with Crippen LogP contribution in [0.2, 0.25) is 0 Å². The molecule has 1 saturated carbocycles. The summed E-state index contributed by atoms with van der Waals surface area (Å²) in [5.41, 5.74) is 6.69. The molecule has 1 aliphatic rings. The van der Waals surface area contributed by atoms with E-state index < -0.39 is 0 Å². The van der Waals surface area contributed by atoms with E-state index in [1.807, 2.05) is 17.9 Å². The molecule has 2 heterocycles. The lowest BCUT2D eigenvalue weighted by Crippen LogP contribution is -2.00. The number of anilines is 1. The maximum absolute atomic E-state index is 4.51. The van der Waals surface area contributed by atoms with Crippen molar-refractivity contribution in [3.63, 3.8) is 0 Å². The van der Waals surface area contributed by atoms with E-state index in [9.17, 15) is 0 Å². The molecule has 1 fully saturated rings. The molecule has 4 rings (SSSR count). The molecule has 0 amide bonds. The molecule has 1 aliphatic carbocycles. The molecular formula is C16H16N4S.